The van der Waals surface area contributed by atoms with Crippen molar-refractivity contribution >= 4 is 22.5 Å². The van der Waals surface area contributed by atoms with Crippen LogP contribution in [-0.4, -0.2) is 21.1 Å². The summed E-state index contributed by atoms with van der Waals surface area (Å²) in [5.74, 6) is -0.263. The van der Waals surface area contributed by atoms with E-state index in [1.165, 1.54) is 0 Å². The number of amides is 1. The maximum atomic E-state index is 12.3. The summed E-state index contributed by atoms with van der Waals surface area (Å²) in [5, 5.41) is 10.3. The number of aromatic amines is 1. The molecule has 3 rings (SSSR count). The summed E-state index contributed by atoms with van der Waals surface area (Å²) in [7, 11) is 0. The number of fused-ring (bicyclic) bond motifs is 1. The number of nitrogens with two attached hydrogens (primary N) is 1. The van der Waals surface area contributed by atoms with Crippen LogP contribution in [0.3, 0.4) is 0 Å². The molecule has 0 aliphatic carbocycles. The van der Waals surface area contributed by atoms with Gasteiger partial charge in [-0.1, -0.05) is 18.2 Å². The topological polar surface area (TPSA) is 96.7 Å². The highest BCUT2D eigenvalue weighted by atomic mass is 16.1. The van der Waals surface area contributed by atoms with Gasteiger partial charge in [0, 0.05) is 22.8 Å². The van der Waals surface area contributed by atoms with Crippen LogP contribution in [0.25, 0.3) is 10.9 Å². The molecule has 0 saturated heterocycles. The number of aromatic nitrogens is 3. The fraction of sp³-hybridized carbons (Fsp3) is 0.133. The Kier molecular flexibility index (Phi) is 3.27. The number of hydrogen-bond donors (Lipinski definition) is 3. The molecule has 1 atom stereocenters. The number of para-hydroxylation sites is 1. The Labute approximate surface area is 121 Å². The predicted molar refractivity (Wildman–Crippen MR) is 80.6 cm³/mol. The molecule has 21 heavy (non-hydrogen) atoms. The molecule has 1 aromatic carbocycles. The van der Waals surface area contributed by atoms with E-state index in [1.54, 1.807) is 18.5 Å². The molecule has 0 saturated carbocycles. The summed E-state index contributed by atoms with van der Waals surface area (Å²) in [5.41, 5.74) is 8.44. The quantitative estimate of drug-likeness (QED) is 0.684. The van der Waals surface area contributed by atoms with Gasteiger partial charge in [-0.3, -0.25) is 9.89 Å². The number of nitrogens with one attached hydrogen (secondary N) is 2. The second-order valence-electron chi connectivity index (χ2n) is 4.84. The summed E-state index contributed by atoms with van der Waals surface area (Å²) in [4.78, 5) is 16.6. The summed E-state index contributed by atoms with van der Waals surface area (Å²) < 4.78 is 0. The van der Waals surface area contributed by atoms with Crippen molar-refractivity contribution in [2.75, 3.05) is 5.73 Å². The summed E-state index contributed by atoms with van der Waals surface area (Å²) in [6, 6.07) is 8.91. The van der Waals surface area contributed by atoms with Crippen LogP contribution in [-0.2, 0) is 0 Å². The van der Waals surface area contributed by atoms with Crippen LogP contribution in [0, 0.1) is 0 Å². The van der Waals surface area contributed by atoms with E-state index in [-0.39, 0.29) is 11.9 Å². The van der Waals surface area contributed by atoms with Gasteiger partial charge in [0.2, 0.25) is 0 Å². The lowest BCUT2D eigenvalue weighted by molar-refractivity contribution is 0.0935. The molecule has 6 nitrogen and oxygen atoms in total. The van der Waals surface area contributed by atoms with Crippen molar-refractivity contribution in [3.8, 4) is 0 Å². The van der Waals surface area contributed by atoms with Gasteiger partial charge in [-0.2, -0.15) is 5.10 Å². The number of benzene rings is 1. The lowest BCUT2D eigenvalue weighted by atomic mass is 10.1. The van der Waals surface area contributed by atoms with Crippen LogP contribution in [0.1, 0.15) is 29.0 Å². The van der Waals surface area contributed by atoms with E-state index in [4.69, 9.17) is 5.73 Å². The largest absolute Gasteiger partial charge is 0.398 e. The zero-order valence-corrected chi connectivity index (χ0v) is 11.5. The van der Waals surface area contributed by atoms with Crippen molar-refractivity contribution in [1.82, 2.24) is 20.5 Å². The number of H-pyrrole nitrogens is 1. The molecule has 106 valence electrons. The number of pyridine rings is 1. The first-order valence-electron chi connectivity index (χ1n) is 6.60. The molecular weight excluding hydrogens is 266 g/mol. The smallest absolute Gasteiger partial charge is 0.270 e. The maximum absolute atomic E-state index is 12.3. The molecular formula is C15H15N5O. The number of nitrogen functional groups attached to an aromatic ring is 1. The first-order chi connectivity index (χ1) is 10.1. The maximum Gasteiger partial charge on any atom is 0.270 e. The molecule has 0 aliphatic rings. The number of rotatable bonds is 3. The molecule has 6 heteroatoms. The minimum Gasteiger partial charge on any atom is -0.398 e. The lowest BCUT2D eigenvalue weighted by Crippen LogP contribution is -2.27. The van der Waals surface area contributed by atoms with E-state index < -0.39 is 0 Å². The highest BCUT2D eigenvalue weighted by Crippen LogP contribution is 2.20. The Bertz CT molecular complexity index is 782. The van der Waals surface area contributed by atoms with Gasteiger partial charge in [0.15, 0.2) is 0 Å². The van der Waals surface area contributed by atoms with Crippen LogP contribution < -0.4 is 11.1 Å². The molecule has 0 spiro atoms. The number of carbonyl (C=O) groups is 1. The van der Waals surface area contributed by atoms with Crippen molar-refractivity contribution in [3.05, 3.63) is 54.0 Å². The Balaban J connectivity index is 1.88. The van der Waals surface area contributed by atoms with E-state index in [0.717, 1.165) is 10.9 Å². The molecule has 2 heterocycles. The monoisotopic (exact) mass is 281 g/mol. The lowest BCUT2D eigenvalue weighted by Gasteiger charge is -2.12. The van der Waals surface area contributed by atoms with Crippen LogP contribution in [0.5, 0.6) is 0 Å². The molecule has 0 bridgehead atoms. The molecule has 0 aliphatic heterocycles. The zero-order chi connectivity index (χ0) is 14.8. The van der Waals surface area contributed by atoms with E-state index in [2.05, 4.69) is 20.5 Å². The van der Waals surface area contributed by atoms with Crippen molar-refractivity contribution in [1.29, 1.82) is 0 Å². The number of anilines is 1. The Morgan fingerprint density at radius 2 is 2.19 bits per heavy atom. The van der Waals surface area contributed by atoms with Gasteiger partial charge in [-0.25, -0.2) is 4.98 Å². The second kappa shape index (κ2) is 5.24. The van der Waals surface area contributed by atoms with Crippen molar-refractivity contribution in [3.63, 3.8) is 0 Å². The molecule has 0 radical (unpaired) electrons. The van der Waals surface area contributed by atoms with Crippen LogP contribution in [0.2, 0.25) is 0 Å². The van der Waals surface area contributed by atoms with Gasteiger partial charge in [-0.05, 0) is 19.1 Å². The van der Waals surface area contributed by atoms with E-state index in [9.17, 15) is 4.79 Å². The molecule has 4 N–H and O–H groups in total. The van der Waals surface area contributed by atoms with Crippen molar-refractivity contribution in [2.45, 2.75) is 13.0 Å². The van der Waals surface area contributed by atoms with Crippen LogP contribution in [0.15, 0.2) is 42.7 Å². The summed E-state index contributed by atoms with van der Waals surface area (Å²) in [6.45, 7) is 1.88. The first-order valence-corrected chi connectivity index (χ1v) is 6.60. The third-order valence-corrected chi connectivity index (χ3v) is 3.35. The minimum atomic E-state index is -0.263. The number of hydrogen-bond acceptors (Lipinski definition) is 4. The molecule has 1 amide bonds. The van der Waals surface area contributed by atoms with E-state index in [0.29, 0.717) is 16.9 Å². The van der Waals surface area contributed by atoms with E-state index >= 15 is 0 Å². The van der Waals surface area contributed by atoms with Gasteiger partial charge in [0.05, 0.1) is 17.8 Å². The van der Waals surface area contributed by atoms with Gasteiger partial charge in [0.1, 0.15) is 5.69 Å². The van der Waals surface area contributed by atoms with Gasteiger partial charge in [0.25, 0.3) is 5.91 Å². The van der Waals surface area contributed by atoms with Crippen LogP contribution >= 0.6 is 0 Å². The third-order valence-electron chi connectivity index (χ3n) is 3.35. The molecule has 0 fully saturated rings. The average molecular weight is 281 g/mol. The second-order valence-corrected chi connectivity index (χ2v) is 4.84. The van der Waals surface area contributed by atoms with Crippen molar-refractivity contribution in [2.24, 2.45) is 0 Å². The van der Waals surface area contributed by atoms with Crippen molar-refractivity contribution < 1.29 is 4.79 Å². The Morgan fingerprint density at radius 1 is 1.38 bits per heavy atom. The third kappa shape index (κ3) is 2.55. The number of carbonyl (C=O) groups excluding carboxylic acids is 1. The predicted octanol–water partition coefficient (Wildman–Crippen LogP) is 2.03. The Hall–Kier alpha value is -2.89. The standard InChI is InChI=1S/C15H15N5O/c1-9(10-7-17-18-8-10)19-15(21)14-6-12(16)11-4-2-3-5-13(11)20-14/h2-9H,1H3,(H2,16,20)(H,17,18)(H,19,21). The number of nitrogens with zero attached hydrogens (tertiary/aromatic N) is 2. The van der Waals surface area contributed by atoms with Crippen LogP contribution in [0.4, 0.5) is 5.69 Å². The molecule has 1 unspecified atom stereocenters. The molecule has 2 aromatic heterocycles. The zero-order valence-electron chi connectivity index (χ0n) is 11.5. The normalized spacial score (nSPS) is 12.2. The first kappa shape index (κ1) is 13.1. The average Bonchev–Trinajstić information content (AvgIpc) is 3.01. The highest BCUT2D eigenvalue weighted by Gasteiger charge is 2.14. The van der Waals surface area contributed by atoms with Gasteiger partial charge >= 0.3 is 0 Å². The SMILES string of the molecule is CC(NC(=O)c1cc(N)c2ccccc2n1)c1cn[nH]c1. The van der Waals surface area contributed by atoms with Gasteiger partial charge in [-0.15, -0.1) is 0 Å². The summed E-state index contributed by atoms with van der Waals surface area (Å²) >= 11 is 0. The highest BCUT2D eigenvalue weighted by molar-refractivity contribution is 5.99. The fourth-order valence-electron chi connectivity index (χ4n) is 2.17. The summed E-state index contributed by atoms with van der Waals surface area (Å²) in [6.07, 6.45) is 3.42. The van der Waals surface area contributed by atoms with Gasteiger partial charge < -0.3 is 11.1 Å². The Morgan fingerprint density at radius 3 is 2.95 bits per heavy atom. The fourth-order valence-corrected chi connectivity index (χ4v) is 2.17. The van der Waals surface area contributed by atoms with E-state index in [1.807, 2.05) is 31.2 Å². The minimum absolute atomic E-state index is 0.161. The molecule has 3 aromatic rings.